The zero-order valence-electron chi connectivity index (χ0n) is 20.6. The normalized spacial score (nSPS) is 31.0. The molecule has 2 aliphatic carbocycles. The quantitative estimate of drug-likeness (QED) is 0.330. The summed E-state index contributed by atoms with van der Waals surface area (Å²) in [6, 6.07) is 0. The average molecular weight is 425 g/mol. The first-order chi connectivity index (χ1) is 13.3. The number of ether oxygens (including phenoxy) is 1. The fourth-order valence-electron chi connectivity index (χ4n) is 5.41. The maximum absolute atomic E-state index is 10.5. The molecule has 0 aliphatic heterocycles. The van der Waals surface area contributed by atoms with Gasteiger partial charge >= 0.3 is 0 Å². The van der Waals surface area contributed by atoms with Crippen LogP contribution in [0.5, 0.6) is 0 Å². The van der Waals surface area contributed by atoms with E-state index in [1.807, 2.05) is 13.8 Å². The largest absolute Gasteiger partial charge is 0.414 e. The molecule has 0 radical (unpaired) electrons. The first-order valence-electron chi connectivity index (χ1n) is 12.0. The summed E-state index contributed by atoms with van der Waals surface area (Å²) in [7, 11) is -1.76. The molecule has 0 heterocycles. The van der Waals surface area contributed by atoms with E-state index in [-0.39, 0.29) is 10.5 Å². The molecule has 2 aliphatic rings. The summed E-state index contributed by atoms with van der Waals surface area (Å²) in [6.45, 7) is 23.7. The van der Waals surface area contributed by atoms with Gasteiger partial charge in [-0.25, -0.2) is 0 Å². The Morgan fingerprint density at radius 1 is 1.14 bits per heavy atom. The topological polar surface area (TPSA) is 38.7 Å². The molecule has 2 rings (SSSR count). The van der Waals surface area contributed by atoms with E-state index in [4.69, 9.17) is 9.16 Å². The van der Waals surface area contributed by atoms with Gasteiger partial charge in [0.1, 0.15) is 0 Å². The highest BCUT2D eigenvalue weighted by molar-refractivity contribution is 6.74. The standard InChI is InChI=1S/C25H48O3Si/c1-10-25(26,11-2)18-27-17-19(3)20-14-15-21-22(13-12-16-24(20,21)7)28-29(8,9)23(4,5)6/h20-22,26H,3,10-18H2,1-2,4-9H3/t20-,21+,22+,24-/m0/s1. The maximum Gasteiger partial charge on any atom is 0.192 e. The molecule has 0 aromatic carbocycles. The Hall–Kier alpha value is -0.163. The molecule has 4 atom stereocenters. The van der Waals surface area contributed by atoms with Gasteiger partial charge in [-0.05, 0) is 79.5 Å². The molecule has 0 amide bonds. The molecule has 0 aromatic rings. The molecular weight excluding hydrogens is 376 g/mol. The number of rotatable bonds is 9. The lowest BCUT2D eigenvalue weighted by atomic mass is 9.63. The number of fused-ring (bicyclic) bond motifs is 1. The van der Waals surface area contributed by atoms with E-state index in [0.29, 0.717) is 31.2 Å². The SMILES string of the molecule is C=C(COCC(O)(CC)CC)[C@@H]1CC[C@@H]2[C@H](O[Si](C)(C)C(C)(C)C)CCC[C@]21C. The van der Waals surface area contributed by atoms with Crippen LogP contribution in [-0.4, -0.2) is 38.3 Å². The first-order valence-corrected chi connectivity index (χ1v) is 14.9. The van der Waals surface area contributed by atoms with Gasteiger partial charge in [0.05, 0.1) is 18.8 Å². The Labute approximate surface area is 181 Å². The molecule has 3 nitrogen and oxygen atoms in total. The Bertz CT molecular complexity index is 561. The van der Waals surface area contributed by atoms with Gasteiger partial charge in [0.2, 0.25) is 0 Å². The molecule has 2 saturated carbocycles. The lowest BCUT2D eigenvalue weighted by molar-refractivity contribution is -0.0495. The third kappa shape index (κ3) is 5.37. The maximum atomic E-state index is 10.5. The molecule has 0 spiro atoms. The minimum atomic E-state index is -1.76. The van der Waals surface area contributed by atoms with Crippen molar-refractivity contribution < 1.29 is 14.3 Å². The molecule has 29 heavy (non-hydrogen) atoms. The lowest BCUT2D eigenvalue weighted by Crippen LogP contribution is -2.50. The van der Waals surface area contributed by atoms with E-state index in [9.17, 15) is 5.11 Å². The van der Waals surface area contributed by atoms with Gasteiger partial charge < -0.3 is 14.3 Å². The minimum Gasteiger partial charge on any atom is -0.414 e. The second-order valence-corrected chi connectivity index (χ2v) is 16.4. The fraction of sp³-hybridized carbons (Fsp3) is 0.920. The van der Waals surface area contributed by atoms with Gasteiger partial charge in [-0.3, -0.25) is 0 Å². The van der Waals surface area contributed by atoms with Crippen LogP contribution in [0.2, 0.25) is 18.1 Å². The molecule has 0 bridgehead atoms. The average Bonchev–Trinajstić information content (AvgIpc) is 2.98. The van der Waals surface area contributed by atoms with E-state index in [1.54, 1.807) is 0 Å². The summed E-state index contributed by atoms with van der Waals surface area (Å²) in [5.74, 6) is 1.14. The van der Waals surface area contributed by atoms with Crippen LogP contribution in [0.15, 0.2) is 12.2 Å². The van der Waals surface area contributed by atoms with Crippen LogP contribution in [0.1, 0.15) is 86.5 Å². The van der Waals surface area contributed by atoms with Crippen molar-refractivity contribution in [3.05, 3.63) is 12.2 Å². The second kappa shape index (κ2) is 9.14. The van der Waals surface area contributed by atoms with Crippen LogP contribution in [0.3, 0.4) is 0 Å². The van der Waals surface area contributed by atoms with Gasteiger partial charge in [0, 0.05) is 6.10 Å². The smallest absolute Gasteiger partial charge is 0.192 e. The molecule has 170 valence electrons. The van der Waals surface area contributed by atoms with E-state index < -0.39 is 13.9 Å². The van der Waals surface area contributed by atoms with E-state index in [1.165, 1.54) is 37.7 Å². The van der Waals surface area contributed by atoms with Gasteiger partial charge in [-0.1, -0.05) is 54.5 Å². The zero-order chi connectivity index (χ0) is 22.1. The molecule has 0 unspecified atom stereocenters. The molecule has 1 N–H and O–H groups in total. The predicted molar refractivity (Wildman–Crippen MR) is 126 cm³/mol. The Morgan fingerprint density at radius 3 is 2.31 bits per heavy atom. The predicted octanol–water partition coefficient (Wildman–Crippen LogP) is 6.72. The summed E-state index contributed by atoms with van der Waals surface area (Å²) < 4.78 is 12.9. The summed E-state index contributed by atoms with van der Waals surface area (Å²) in [6.07, 6.45) is 8.04. The molecular formula is C25H48O3Si. The van der Waals surface area contributed by atoms with Crippen molar-refractivity contribution in [2.24, 2.45) is 17.3 Å². The van der Waals surface area contributed by atoms with Gasteiger partial charge in [-0.2, -0.15) is 0 Å². The Kier molecular flexibility index (Phi) is 7.91. The van der Waals surface area contributed by atoms with Crippen LogP contribution in [0.25, 0.3) is 0 Å². The van der Waals surface area contributed by atoms with Crippen LogP contribution < -0.4 is 0 Å². The molecule has 4 heteroatoms. The minimum absolute atomic E-state index is 0.256. The van der Waals surface area contributed by atoms with Crippen molar-refractivity contribution in [2.75, 3.05) is 13.2 Å². The summed E-state index contributed by atoms with van der Waals surface area (Å²) in [5.41, 5.74) is 0.796. The van der Waals surface area contributed by atoms with Gasteiger partial charge in [0.15, 0.2) is 8.32 Å². The third-order valence-electron chi connectivity index (χ3n) is 8.78. The van der Waals surface area contributed by atoms with Crippen LogP contribution in [0.4, 0.5) is 0 Å². The summed E-state index contributed by atoms with van der Waals surface area (Å²) in [4.78, 5) is 0. The van der Waals surface area contributed by atoms with Crippen LogP contribution in [-0.2, 0) is 9.16 Å². The fourth-order valence-corrected chi connectivity index (χ4v) is 6.81. The van der Waals surface area contributed by atoms with E-state index in [2.05, 4.69) is 47.4 Å². The molecule has 2 fully saturated rings. The van der Waals surface area contributed by atoms with Gasteiger partial charge in [0.25, 0.3) is 0 Å². The van der Waals surface area contributed by atoms with Crippen LogP contribution in [0, 0.1) is 17.3 Å². The van der Waals surface area contributed by atoms with Crippen LogP contribution >= 0.6 is 0 Å². The van der Waals surface area contributed by atoms with Crippen molar-refractivity contribution in [3.8, 4) is 0 Å². The van der Waals surface area contributed by atoms with E-state index >= 15 is 0 Å². The van der Waals surface area contributed by atoms with Crippen molar-refractivity contribution in [2.45, 2.75) is 116 Å². The highest BCUT2D eigenvalue weighted by atomic mass is 28.4. The number of hydrogen-bond acceptors (Lipinski definition) is 3. The van der Waals surface area contributed by atoms with Crippen molar-refractivity contribution in [1.82, 2.24) is 0 Å². The highest BCUT2D eigenvalue weighted by Crippen LogP contribution is 2.58. The lowest BCUT2D eigenvalue weighted by Gasteiger charge is -2.49. The third-order valence-corrected chi connectivity index (χ3v) is 13.3. The molecule has 0 aromatic heterocycles. The van der Waals surface area contributed by atoms with Crippen molar-refractivity contribution >= 4 is 8.32 Å². The highest BCUT2D eigenvalue weighted by Gasteiger charge is 2.54. The first kappa shape index (κ1) is 25.1. The number of hydrogen-bond donors (Lipinski definition) is 1. The zero-order valence-corrected chi connectivity index (χ0v) is 21.6. The van der Waals surface area contributed by atoms with Crippen molar-refractivity contribution in [3.63, 3.8) is 0 Å². The summed E-state index contributed by atoms with van der Waals surface area (Å²) in [5, 5.41) is 10.7. The van der Waals surface area contributed by atoms with Gasteiger partial charge in [-0.15, -0.1) is 0 Å². The Balaban J connectivity index is 2.03. The Morgan fingerprint density at radius 2 is 1.76 bits per heavy atom. The summed E-state index contributed by atoms with van der Waals surface area (Å²) >= 11 is 0. The number of aliphatic hydroxyl groups is 1. The second-order valence-electron chi connectivity index (χ2n) is 11.6. The molecule has 0 saturated heterocycles. The van der Waals surface area contributed by atoms with E-state index in [0.717, 1.165) is 12.8 Å². The van der Waals surface area contributed by atoms with Crippen molar-refractivity contribution in [1.29, 1.82) is 0 Å². The monoisotopic (exact) mass is 424 g/mol.